The maximum atomic E-state index is 13.3. The van der Waals surface area contributed by atoms with Crippen LogP contribution in [0.25, 0.3) is 0 Å². The molecule has 2 fully saturated rings. The first-order valence-electron chi connectivity index (χ1n) is 6.63. The minimum absolute atomic E-state index is 0.306. The van der Waals surface area contributed by atoms with Crippen LogP contribution in [-0.2, 0) is 0 Å². The van der Waals surface area contributed by atoms with E-state index in [1.54, 1.807) is 6.07 Å². The number of nitrogens with two attached hydrogens (primary N) is 1. The van der Waals surface area contributed by atoms with Crippen molar-refractivity contribution in [3.8, 4) is 0 Å². The Morgan fingerprint density at radius 1 is 1.28 bits per heavy atom. The van der Waals surface area contributed by atoms with Crippen LogP contribution >= 0.6 is 15.9 Å². The van der Waals surface area contributed by atoms with Gasteiger partial charge in [-0.25, -0.2) is 4.39 Å². The van der Waals surface area contributed by atoms with E-state index in [2.05, 4.69) is 21.2 Å². The summed E-state index contributed by atoms with van der Waals surface area (Å²) in [5.41, 5.74) is 7.17. The van der Waals surface area contributed by atoms with Crippen LogP contribution in [0.2, 0.25) is 0 Å². The topological polar surface area (TPSA) is 38.0 Å². The normalized spacial score (nSPS) is 19.3. The summed E-state index contributed by atoms with van der Waals surface area (Å²) in [6, 6.07) is 3.11. The third-order valence-electron chi connectivity index (χ3n) is 4.08. The van der Waals surface area contributed by atoms with Crippen LogP contribution in [0, 0.1) is 23.6 Å². The second-order valence-corrected chi connectivity index (χ2v) is 6.43. The molecule has 18 heavy (non-hydrogen) atoms. The van der Waals surface area contributed by atoms with Crippen molar-refractivity contribution in [3.05, 3.63) is 22.4 Å². The highest BCUT2D eigenvalue weighted by Gasteiger charge is 2.41. The molecule has 0 heterocycles. The Hall–Kier alpha value is -0.770. The van der Waals surface area contributed by atoms with Crippen LogP contribution in [0.5, 0.6) is 0 Å². The van der Waals surface area contributed by atoms with Crippen molar-refractivity contribution in [1.82, 2.24) is 0 Å². The zero-order valence-corrected chi connectivity index (χ0v) is 11.8. The largest absolute Gasteiger partial charge is 0.397 e. The number of hydrogen-bond acceptors (Lipinski definition) is 2. The van der Waals surface area contributed by atoms with Gasteiger partial charge in [0.15, 0.2) is 0 Å². The van der Waals surface area contributed by atoms with Crippen molar-refractivity contribution in [3.63, 3.8) is 0 Å². The summed E-state index contributed by atoms with van der Waals surface area (Å²) >= 11 is 3.20. The first-order valence-corrected chi connectivity index (χ1v) is 7.43. The summed E-state index contributed by atoms with van der Waals surface area (Å²) in [6.45, 7) is 0.970. The summed E-state index contributed by atoms with van der Waals surface area (Å²) in [5, 5.41) is 3.40. The lowest BCUT2D eigenvalue weighted by atomic mass is 9.98. The Kier molecular flexibility index (Phi) is 3.22. The van der Waals surface area contributed by atoms with Gasteiger partial charge in [0.2, 0.25) is 0 Å². The van der Waals surface area contributed by atoms with E-state index >= 15 is 0 Å². The molecule has 0 spiro atoms. The Bertz CT molecular complexity index is 443. The Balaban J connectivity index is 1.66. The summed E-state index contributed by atoms with van der Waals surface area (Å²) in [5.74, 6) is 2.30. The molecule has 0 aromatic heterocycles. The van der Waals surface area contributed by atoms with E-state index in [0.717, 1.165) is 30.0 Å². The SMILES string of the molecule is Nc1cc(F)c(Br)cc1NCC(C1CC1)C1CC1. The zero-order valence-electron chi connectivity index (χ0n) is 10.3. The first-order chi connectivity index (χ1) is 8.65. The van der Waals surface area contributed by atoms with Gasteiger partial charge in [0, 0.05) is 12.6 Å². The molecule has 0 unspecified atom stereocenters. The minimum Gasteiger partial charge on any atom is -0.397 e. The van der Waals surface area contributed by atoms with E-state index in [-0.39, 0.29) is 5.82 Å². The average molecular weight is 313 g/mol. The van der Waals surface area contributed by atoms with Crippen molar-refractivity contribution >= 4 is 27.3 Å². The molecule has 4 heteroatoms. The van der Waals surface area contributed by atoms with Gasteiger partial charge in [0.1, 0.15) is 5.82 Å². The Morgan fingerprint density at radius 3 is 2.44 bits per heavy atom. The molecule has 0 atom stereocenters. The third kappa shape index (κ3) is 2.63. The third-order valence-corrected chi connectivity index (χ3v) is 4.68. The van der Waals surface area contributed by atoms with E-state index < -0.39 is 0 Å². The summed E-state index contributed by atoms with van der Waals surface area (Å²) < 4.78 is 13.7. The highest BCUT2D eigenvalue weighted by molar-refractivity contribution is 9.10. The fraction of sp³-hybridized carbons (Fsp3) is 0.571. The van der Waals surface area contributed by atoms with E-state index in [9.17, 15) is 4.39 Å². The van der Waals surface area contributed by atoms with Crippen LogP contribution in [0.3, 0.4) is 0 Å². The van der Waals surface area contributed by atoms with Crippen molar-refractivity contribution in [2.45, 2.75) is 25.7 Å². The highest BCUT2D eigenvalue weighted by Crippen LogP contribution is 2.49. The maximum absolute atomic E-state index is 13.3. The summed E-state index contributed by atoms with van der Waals surface area (Å²) in [7, 11) is 0. The molecule has 3 N–H and O–H groups in total. The molecule has 2 saturated carbocycles. The molecule has 0 radical (unpaired) electrons. The second-order valence-electron chi connectivity index (χ2n) is 5.57. The van der Waals surface area contributed by atoms with Gasteiger partial charge >= 0.3 is 0 Å². The van der Waals surface area contributed by atoms with Gasteiger partial charge in [-0.15, -0.1) is 0 Å². The number of anilines is 2. The number of halogens is 2. The molecule has 2 aliphatic rings. The molecule has 0 aliphatic heterocycles. The lowest BCUT2D eigenvalue weighted by Gasteiger charge is -2.18. The molecule has 0 saturated heterocycles. The van der Waals surface area contributed by atoms with Gasteiger partial charge in [-0.3, -0.25) is 0 Å². The number of nitrogen functional groups attached to an aromatic ring is 1. The smallest absolute Gasteiger partial charge is 0.139 e. The van der Waals surface area contributed by atoms with E-state index in [0.29, 0.717) is 10.2 Å². The van der Waals surface area contributed by atoms with Gasteiger partial charge in [-0.05, 0) is 65.4 Å². The van der Waals surface area contributed by atoms with Gasteiger partial charge in [-0.2, -0.15) is 0 Å². The molecule has 2 nitrogen and oxygen atoms in total. The lowest BCUT2D eigenvalue weighted by Crippen LogP contribution is -2.18. The molecule has 0 bridgehead atoms. The van der Waals surface area contributed by atoms with Crippen LogP contribution in [0.15, 0.2) is 16.6 Å². The van der Waals surface area contributed by atoms with Crippen LogP contribution in [0.4, 0.5) is 15.8 Å². The molecule has 1 aromatic carbocycles. The molecular weight excluding hydrogens is 295 g/mol. The minimum atomic E-state index is -0.306. The number of hydrogen-bond donors (Lipinski definition) is 2. The fourth-order valence-corrected chi connectivity index (χ4v) is 3.05. The van der Waals surface area contributed by atoms with Crippen molar-refractivity contribution in [1.29, 1.82) is 0 Å². The number of benzene rings is 1. The number of nitrogens with one attached hydrogen (secondary N) is 1. The molecule has 3 rings (SSSR count). The van der Waals surface area contributed by atoms with E-state index in [1.807, 2.05) is 0 Å². The fourth-order valence-electron chi connectivity index (χ4n) is 2.71. The predicted octanol–water partition coefficient (Wildman–Crippen LogP) is 4.02. The van der Waals surface area contributed by atoms with Gasteiger partial charge in [0.25, 0.3) is 0 Å². The maximum Gasteiger partial charge on any atom is 0.139 e. The second kappa shape index (κ2) is 4.72. The standard InChI is InChI=1S/C14H18BrFN2/c15-11-5-14(13(17)6-12(11)16)18-7-10(8-1-2-8)9-3-4-9/h5-6,8-10,18H,1-4,7,17H2. The molecule has 0 amide bonds. The van der Waals surface area contributed by atoms with E-state index in [4.69, 9.17) is 5.73 Å². The summed E-state index contributed by atoms with van der Waals surface area (Å²) in [6.07, 6.45) is 5.52. The molecule has 1 aromatic rings. The van der Waals surface area contributed by atoms with Crippen molar-refractivity contribution in [2.24, 2.45) is 17.8 Å². The molecular formula is C14H18BrFN2. The van der Waals surface area contributed by atoms with Gasteiger partial charge in [0.05, 0.1) is 15.8 Å². The molecule has 2 aliphatic carbocycles. The van der Waals surface area contributed by atoms with E-state index in [1.165, 1.54) is 31.7 Å². The zero-order chi connectivity index (χ0) is 12.7. The lowest BCUT2D eigenvalue weighted by molar-refractivity contribution is 0.428. The Labute approximate surface area is 115 Å². The predicted molar refractivity (Wildman–Crippen MR) is 75.9 cm³/mol. The first kappa shape index (κ1) is 12.3. The quantitative estimate of drug-likeness (QED) is 0.806. The van der Waals surface area contributed by atoms with Gasteiger partial charge < -0.3 is 11.1 Å². The van der Waals surface area contributed by atoms with Crippen LogP contribution in [-0.4, -0.2) is 6.54 Å². The Morgan fingerprint density at radius 2 is 1.89 bits per heavy atom. The van der Waals surface area contributed by atoms with Crippen LogP contribution in [0.1, 0.15) is 25.7 Å². The number of rotatable bonds is 5. The van der Waals surface area contributed by atoms with Gasteiger partial charge in [-0.1, -0.05) is 0 Å². The average Bonchev–Trinajstić information content (AvgIpc) is 3.17. The van der Waals surface area contributed by atoms with Crippen molar-refractivity contribution < 1.29 is 4.39 Å². The molecule has 98 valence electrons. The summed E-state index contributed by atoms with van der Waals surface area (Å²) in [4.78, 5) is 0. The van der Waals surface area contributed by atoms with Crippen LogP contribution < -0.4 is 11.1 Å². The monoisotopic (exact) mass is 312 g/mol. The highest BCUT2D eigenvalue weighted by atomic mass is 79.9. The van der Waals surface area contributed by atoms with Crippen molar-refractivity contribution in [2.75, 3.05) is 17.6 Å².